The smallest absolute Gasteiger partial charge is 0.137 e. The Hall–Kier alpha value is 0.420. The Kier molecular flexibility index (Phi) is 4.02. The molecule has 1 rings (SSSR count). The molecule has 68 valence electrons. The minimum atomic E-state index is 0.546. The quantitative estimate of drug-likeness (QED) is 0.767. The number of rotatable bonds is 3. The van der Waals surface area contributed by atoms with Gasteiger partial charge in [-0.15, -0.1) is 0 Å². The fourth-order valence-corrected chi connectivity index (χ4v) is 1.87. The topological polar surface area (TPSA) is 17.8 Å². The van der Waals surface area contributed by atoms with Gasteiger partial charge >= 0.3 is 0 Å². The minimum Gasteiger partial charge on any atom is -0.267 e. The van der Waals surface area contributed by atoms with Crippen LogP contribution < -0.4 is 0 Å². The van der Waals surface area contributed by atoms with Crippen LogP contribution in [0.15, 0.2) is 10.7 Å². The monoisotopic (exact) mass is 342 g/mol. The molecule has 0 amide bonds. The molecule has 0 atom stereocenters. The van der Waals surface area contributed by atoms with Gasteiger partial charge in [-0.05, 0) is 51.4 Å². The molecule has 4 heteroatoms. The van der Waals surface area contributed by atoms with Gasteiger partial charge in [0.1, 0.15) is 3.70 Å². The average molecular weight is 343 g/mol. The summed E-state index contributed by atoms with van der Waals surface area (Å²) in [7, 11) is 0. The Labute approximate surface area is 95.0 Å². The summed E-state index contributed by atoms with van der Waals surface area (Å²) in [6.45, 7) is 4.38. The summed E-state index contributed by atoms with van der Waals surface area (Å²) in [6.07, 6.45) is 4.33. The zero-order chi connectivity index (χ0) is 9.14. The van der Waals surface area contributed by atoms with Gasteiger partial charge in [-0.3, -0.25) is 4.68 Å². The predicted molar refractivity (Wildman–Crippen MR) is 62.3 cm³/mol. The van der Waals surface area contributed by atoms with E-state index in [1.54, 1.807) is 0 Å². The van der Waals surface area contributed by atoms with Crippen molar-refractivity contribution in [2.45, 2.75) is 32.7 Å². The van der Waals surface area contributed by atoms with Crippen LogP contribution >= 0.6 is 38.5 Å². The van der Waals surface area contributed by atoms with Crippen LogP contribution in [0.1, 0.15) is 32.7 Å². The van der Waals surface area contributed by atoms with Gasteiger partial charge in [0.15, 0.2) is 0 Å². The average Bonchev–Trinajstić information content (AvgIpc) is 2.35. The fourth-order valence-electron chi connectivity index (χ4n) is 1.20. The van der Waals surface area contributed by atoms with Gasteiger partial charge in [0, 0.05) is 6.20 Å². The van der Waals surface area contributed by atoms with Gasteiger partial charge in [0.05, 0.1) is 10.5 Å². The van der Waals surface area contributed by atoms with Crippen molar-refractivity contribution in [2.24, 2.45) is 0 Å². The second kappa shape index (κ2) is 4.60. The number of hydrogen-bond donors (Lipinski definition) is 0. The second-order valence-electron chi connectivity index (χ2n) is 2.72. The Bertz CT molecular complexity index is 236. The van der Waals surface area contributed by atoms with Crippen LogP contribution in [0.3, 0.4) is 0 Å². The summed E-state index contributed by atoms with van der Waals surface area (Å²) in [5.41, 5.74) is 0. The highest BCUT2D eigenvalue weighted by atomic mass is 127. The molecular formula is C8H12BrIN2. The van der Waals surface area contributed by atoms with E-state index in [4.69, 9.17) is 0 Å². The van der Waals surface area contributed by atoms with Crippen LogP contribution in [0.5, 0.6) is 0 Å². The Balaban J connectivity index is 2.86. The summed E-state index contributed by atoms with van der Waals surface area (Å²) in [6, 6.07) is 0.546. The van der Waals surface area contributed by atoms with Crippen molar-refractivity contribution in [1.29, 1.82) is 0 Å². The van der Waals surface area contributed by atoms with Crippen LogP contribution in [0.4, 0.5) is 0 Å². The van der Waals surface area contributed by atoms with E-state index < -0.39 is 0 Å². The van der Waals surface area contributed by atoms with Gasteiger partial charge in [-0.1, -0.05) is 13.8 Å². The zero-order valence-electron chi connectivity index (χ0n) is 7.22. The molecule has 1 heterocycles. The normalized spacial score (nSPS) is 11.1. The van der Waals surface area contributed by atoms with Crippen LogP contribution in [0.2, 0.25) is 0 Å². The van der Waals surface area contributed by atoms with Crippen molar-refractivity contribution in [3.8, 4) is 0 Å². The highest BCUT2D eigenvalue weighted by molar-refractivity contribution is 14.1. The molecule has 2 nitrogen and oxygen atoms in total. The van der Waals surface area contributed by atoms with Gasteiger partial charge < -0.3 is 0 Å². The van der Waals surface area contributed by atoms with Gasteiger partial charge in [0.2, 0.25) is 0 Å². The number of halogens is 2. The van der Waals surface area contributed by atoms with Crippen LogP contribution in [0.25, 0.3) is 0 Å². The maximum Gasteiger partial charge on any atom is 0.137 e. The molecule has 0 aromatic carbocycles. The third-order valence-corrected chi connectivity index (χ3v) is 4.08. The van der Waals surface area contributed by atoms with Gasteiger partial charge in [-0.2, -0.15) is 5.10 Å². The van der Waals surface area contributed by atoms with E-state index in [0.717, 1.165) is 21.0 Å². The van der Waals surface area contributed by atoms with Crippen molar-refractivity contribution in [3.05, 3.63) is 14.4 Å². The number of nitrogens with zero attached hydrogens (tertiary/aromatic N) is 2. The molecule has 0 fully saturated rings. The lowest BCUT2D eigenvalue weighted by molar-refractivity contribution is 0.426. The molecule has 0 radical (unpaired) electrons. The molecule has 1 aromatic rings. The highest BCUT2D eigenvalue weighted by Crippen LogP contribution is 2.21. The summed E-state index contributed by atoms with van der Waals surface area (Å²) < 4.78 is 4.18. The first kappa shape index (κ1) is 10.5. The molecule has 0 N–H and O–H groups in total. The largest absolute Gasteiger partial charge is 0.267 e. The number of hydrogen-bond acceptors (Lipinski definition) is 1. The van der Waals surface area contributed by atoms with Crippen molar-refractivity contribution in [1.82, 2.24) is 9.78 Å². The van der Waals surface area contributed by atoms with E-state index in [0.29, 0.717) is 6.04 Å². The zero-order valence-corrected chi connectivity index (χ0v) is 11.0. The van der Waals surface area contributed by atoms with Crippen molar-refractivity contribution in [3.63, 3.8) is 0 Å². The molecule has 0 spiro atoms. The highest BCUT2D eigenvalue weighted by Gasteiger charge is 2.09. The fraction of sp³-hybridized carbons (Fsp3) is 0.625. The van der Waals surface area contributed by atoms with Crippen LogP contribution in [-0.2, 0) is 0 Å². The molecule has 0 aliphatic heterocycles. The van der Waals surface area contributed by atoms with Crippen LogP contribution in [0, 0.1) is 3.70 Å². The SMILES string of the molecule is CCC(CC)n1cc(Br)c(I)n1. The number of aromatic nitrogens is 2. The van der Waals surface area contributed by atoms with E-state index in [1.165, 1.54) is 0 Å². The lowest BCUT2D eigenvalue weighted by Gasteiger charge is -2.11. The summed E-state index contributed by atoms with van der Waals surface area (Å²) >= 11 is 5.68. The minimum absolute atomic E-state index is 0.546. The molecule has 0 bridgehead atoms. The Morgan fingerprint density at radius 2 is 2.17 bits per heavy atom. The first-order chi connectivity index (χ1) is 5.69. The first-order valence-corrected chi connectivity index (χ1v) is 5.96. The Morgan fingerprint density at radius 1 is 1.58 bits per heavy atom. The molecule has 12 heavy (non-hydrogen) atoms. The Morgan fingerprint density at radius 3 is 2.50 bits per heavy atom. The lowest BCUT2D eigenvalue weighted by Crippen LogP contribution is -2.07. The predicted octanol–water partition coefficient (Wildman–Crippen LogP) is 3.61. The first-order valence-electron chi connectivity index (χ1n) is 4.09. The molecular weight excluding hydrogens is 331 g/mol. The summed E-state index contributed by atoms with van der Waals surface area (Å²) in [5.74, 6) is 0. The van der Waals surface area contributed by atoms with E-state index in [-0.39, 0.29) is 0 Å². The molecule has 0 saturated carbocycles. The standard InChI is InChI=1S/C8H12BrIN2/c1-3-6(4-2)12-5-7(9)8(10)11-12/h5-6H,3-4H2,1-2H3. The van der Waals surface area contributed by atoms with Crippen molar-refractivity contribution < 1.29 is 0 Å². The second-order valence-corrected chi connectivity index (χ2v) is 4.59. The molecule has 1 aromatic heterocycles. The van der Waals surface area contributed by atoms with E-state index >= 15 is 0 Å². The van der Waals surface area contributed by atoms with E-state index in [9.17, 15) is 0 Å². The summed E-state index contributed by atoms with van der Waals surface area (Å²) in [4.78, 5) is 0. The van der Waals surface area contributed by atoms with Crippen molar-refractivity contribution in [2.75, 3.05) is 0 Å². The van der Waals surface area contributed by atoms with Gasteiger partial charge in [-0.25, -0.2) is 0 Å². The van der Waals surface area contributed by atoms with Gasteiger partial charge in [0.25, 0.3) is 0 Å². The molecule has 0 aliphatic rings. The third kappa shape index (κ3) is 2.22. The maximum atomic E-state index is 4.41. The van der Waals surface area contributed by atoms with E-state index in [1.807, 2.05) is 4.68 Å². The lowest BCUT2D eigenvalue weighted by atomic mass is 10.2. The summed E-state index contributed by atoms with van der Waals surface area (Å²) in [5, 5.41) is 4.41. The molecule has 0 aliphatic carbocycles. The van der Waals surface area contributed by atoms with Crippen molar-refractivity contribution >= 4 is 38.5 Å². The van der Waals surface area contributed by atoms with E-state index in [2.05, 4.69) is 63.7 Å². The molecule has 0 unspecified atom stereocenters. The maximum absolute atomic E-state index is 4.41. The molecule has 0 saturated heterocycles. The third-order valence-electron chi connectivity index (χ3n) is 1.96. The van der Waals surface area contributed by atoms with Crippen LogP contribution in [-0.4, -0.2) is 9.78 Å².